The minimum atomic E-state index is -1.79. The molecule has 12 unspecified atom stereocenters. The van der Waals surface area contributed by atoms with Gasteiger partial charge in [-0.15, -0.1) is 0 Å². The molecule has 2 fully saturated rings. The molecule has 9 N–H and O–H groups in total. The summed E-state index contributed by atoms with van der Waals surface area (Å²) in [5, 5.41) is 87.3. The van der Waals surface area contributed by atoms with Crippen LogP contribution in [0.15, 0.2) is 109 Å². The number of rotatable bonds is 59. The van der Waals surface area contributed by atoms with Crippen molar-refractivity contribution in [3.05, 3.63) is 109 Å². The van der Waals surface area contributed by atoms with E-state index in [9.17, 15) is 45.6 Å². The lowest BCUT2D eigenvalue weighted by Crippen LogP contribution is -2.65. The van der Waals surface area contributed by atoms with E-state index in [4.69, 9.17) is 18.9 Å². The van der Waals surface area contributed by atoms with E-state index >= 15 is 0 Å². The highest BCUT2D eigenvalue weighted by Crippen LogP contribution is 2.30. The molecule has 0 aromatic rings. The van der Waals surface area contributed by atoms with Crippen molar-refractivity contribution in [3.8, 4) is 0 Å². The van der Waals surface area contributed by atoms with Crippen molar-refractivity contribution in [2.75, 3.05) is 19.8 Å². The van der Waals surface area contributed by atoms with Crippen LogP contribution in [-0.4, -0.2) is 140 Å². The summed E-state index contributed by atoms with van der Waals surface area (Å²) in [5.74, 6) is -0.249. The monoisotopic (exact) mass is 1280 g/mol. The van der Waals surface area contributed by atoms with Gasteiger partial charge in [0.2, 0.25) is 5.91 Å². The summed E-state index contributed by atoms with van der Waals surface area (Å²) in [4.78, 5) is 13.3. The molecule has 2 rings (SSSR count). The number of aliphatic hydroxyl groups excluding tert-OH is 8. The Morgan fingerprint density at radius 2 is 0.769 bits per heavy atom. The van der Waals surface area contributed by atoms with Crippen LogP contribution in [0.1, 0.15) is 277 Å². The fourth-order valence-electron chi connectivity index (χ4n) is 11.4. The minimum absolute atomic E-state index is 0.249. The van der Waals surface area contributed by atoms with Gasteiger partial charge < -0.3 is 65.1 Å². The fraction of sp³-hybridized carbons (Fsp3) is 0.753. The largest absolute Gasteiger partial charge is 0.394 e. The smallest absolute Gasteiger partial charge is 0.220 e. The Morgan fingerprint density at radius 1 is 0.407 bits per heavy atom. The number of hydrogen-bond acceptors (Lipinski definition) is 13. The third-order valence-corrected chi connectivity index (χ3v) is 17.2. The average molecular weight is 1280 g/mol. The van der Waals surface area contributed by atoms with Gasteiger partial charge in [0.25, 0.3) is 0 Å². The number of nitrogens with one attached hydrogen (secondary N) is 1. The first-order chi connectivity index (χ1) is 44.6. The normalized spacial score (nSPS) is 23.5. The molecule has 2 saturated heterocycles. The van der Waals surface area contributed by atoms with Crippen molar-refractivity contribution < 1.29 is 64.6 Å². The molecule has 2 heterocycles. The molecule has 12 atom stereocenters. The quantitative estimate of drug-likeness (QED) is 0.0204. The van der Waals surface area contributed by atoms with Crippen LogP contribution in [0.3, 0.4) is 0 Å². The molecule has 2 aliphatic heterocycles. The molecule has 2 aliphatic rings. The van der Waals surface area contributed by atoms with Crippen molar-refractivity contribution >= 4 is 5.91 Å². The Kier molecular flexibility index (Phi) is 55.5. The zero-order valence-electron chi connectivity index (χ0n) is 57.1. The molecule has 0 saturated carbocycles. The Bertz CT molecular complexity index is 1950. The van der Waals surface area contributed by atoms with E-state index in [1.807, 2.05) is 6.08 Å². The molecular weight excluding hydrogens is 1150 g/mol. The Hall–Kier alpha value is -3.35. The van der Waals surface area contributed by atoms with Crippen molar-refractivity contribution in [1.82, 2.24) is 5.32 Å². The van der Waals surface area contributed by atoms with Crippen molar-refractivity contribution in [3.63, 3.8) is 0 Å². The average Bonchev–Trinajstić information content (AvgIpc) is 1.24. The molecular formula is C77H133NO13. The van der Waals surface area contributed by atoms with Crippen LogP contribution < -0.4 is 5.32 Å². The predicted octanol–water partition coefficient (Wildman–Crippen LogP) is 15.5. The number of hydrogen-bond donors (Lipinski definition) is 9. The zero-order valence-corrected chi connectivity index (χ0v) is 57.1. The first-order valence-electron chi connectivity index (χ1n) is 36.6. The van der Waals surface area contributed by atoms with Gasteiger partial charge in [0.15, 0.2) is 12.6 Å². The SMILES string of the molecule is CC/C=C\C/C=C\C/C=C\C/C=C\C/C=C\C/C=C\C/C=C\CCCCCCCCCCCCCCCCCCCCCC(=O)NC(COC1OC(CO)C(OC2OC(CO)C(O)C(O)C2O)C(O)C1O)C(O)/C=C/CC/C=C/CCCCCCCCCCCC. The molecule has 91 heavy (non-hydrogen) atoms. The van der Waals surface area contributed by atoms with Gasteiger partial charge >= 0.3 is 0 Å². The first-order valence-corrected chi connectivity index (χ1v) is 36.6. The number of ether oxygens (including phenoxy) is 4. The van der Waals surface area contributed by atoms with Gasteiger partial charge in [0, 0.05) is 6.42 Å². The fourth-order valence-corrected chi connectivity index (χ4v) is 11.4. The molecule has 0 aromatic carbocycles. The van der Waals surface area contributed by atoms with Crippen molar-refractivity contribution in [2.45, 2.75) is 351 Å². The highest BCUT2D eigenvalue weighted by molar-refractivity contribution is 5.76. The van der Waals surface area contributed by atoms with E-state index < -0.39 is 86.8 Å². The van der Waals surface area contributed by atoms with Crippen molar-refractivity contribution in [2.24, 2.45) is 0 Å². The van der Waals surface area contributed by atoms with Gasteiger partial charge in [-0.25, -0.2) is 0 Å². The van der Waals surface area contributed by atoms with Crippen LogP contribution >= 0.6 is 0 Å². The second-order valence-electron chi connectivity index (χ2n) is 25.3. The number of unbranched alkanes of at least 4 members (excludes halogenated alkanes) is 30. The highest BCUT2D eigenvalue weighted by atomic mass is 16.7. The Labute approximate surface area is 553 Å². The standard InChI is InChI=1S/C77H133NO13/c1-3-5-7-9-11-13-15-17-19-21-22-23-24-25-26-27-28-29-30-31-32-33-34-35-36-37-38-39-40-41-42-43-44-45-47-49-51-53-55-57-59-61-69(82)78-65(66(81)60-58-56-54-52-50-48-46-20-18-16-14-12-10-8-6-4-2)64-88-76-74(87)72(85)75(68(63-80)90-76)91-77-73(86)71(84)70(83)67(62-79)89-77/h5,7,11,13,17,19,22-23,25-26,28-29,31-32,50,52,58,60,65-68,70-77,79-81,83-87H,3-4,6,8-10,12,14-16,18,20-21,24,27,30,33-49,51,53-57,59,61-64H2,1-2H3,(H,78,82)/b7-5-,13-11-,19-17-,23-22-,26-25-,29-28-,32-31-,52-50+,60-58+. The minimum Gasteiger partial charge on any atom is -0.394 e. The summed E-state index contributed by atoms with van der Waals surface area (Å²) in [6, 6.07) is -0.935. The number of carbonyl (C=O) groups is 1. The third-order valence-electron chi connectivity index (χ3n) is 17.2. The Morgan fingerprint density at radius 3 is 1.21 bits per heavy atom. The molecule has 0 aromatic heterocycles. The van der Waals surface area contributed by atoms with E-state index in [1.165, 1.54) is 167 Å². The van der Waals surface area contributed by atoms with Gasteiger partial charge in [-0.3, -0.25) is 4.79 Å². The number of allylic oxidation sites excluding steroid dienone is 17. The molecule has 0 bridgehead atoms. The highest BCUT2D eigenvalue weighted by Gasteiger charge is 2.51. The van der Waals surface area contributed by atoms with Crippen LogP contribution in [0.25, 0.3) is 0 Å². The van der Waals surface area contributed by atoms with Gasteiger partial charge in [0.05, 0.1) is 32.0 Å². The van der Waals surface area contributed by atoms with Crippen LogP contribution in [-0.2, 0) is 23.7 Å². The first kappa shape index (κ1) is 83.7. The number of amides is 1. The van der Waals surface area contributed by atoms with E-state index in [1.54, 1.807) is 6.08 Å². The maximum Gasteiger partial charge on any atom is 0.220 e. The predicted molar refractivity (Wildman–Crippen MR) is 373 cm³/mol. The van der Waals surface area contributed by atoms with E-state index in [0.717, 1.165) is 77.0 Å². The van der Waals surface area contributed by atoms with Crippen LogP contribution in [0.5, 0.6) is 0 Å². The molecule has 0 spiro atoms. The van der Waals surface area contributed by atoms with Gasteiger partial charge in [0.1, 0.15) is 48.8 Å². The van der Waals surface area contributed by atoms with E-state index in [0.29, 0.717) is 12.8 Å². The summed E-state index contributed by atoms with van der Waals surface area (Å²) >= 11 is 0. The molecule has 14 nitrogen and oxygen atoms in total. The molecule has 524 valence electrons. The van der Waals surface area contributed by atoms with Gasteiger partial charge in [-0.1, -0.05) is 290 Å². The lowest BCUT2D eigenvalue weighted by atomic mass is 9.97. The van der Waals surface area contributed by atoms with E-state index in [-0.39, 0.29) is 18.9 Å². The second kappa shape index (κ2) is 60.3. The summed E-state index contributed by atoms with van der Waals surface area (Å²) in [6.07, 6.45) is 70.2. The molecule has 1 amide bonds. The summed E-state index contributed by atoms with van der Waals surface area (Å²) in [6.45, 7) is 2.67. The van der Waals surface area contributed by atoms with Gasteiger partial charge in [-0.05, 0) is 89.9 Å². The lowest BCUT2D eigenvalue weighted by Gasteiger charge is -2.46. The Balaban J connectivity index is 1.58. The topological polar surface area (TPSA) is 228 Å². The third kappa shape index (κ3) is 44.1. The maximum atomic E-state index is 13.3. The molecule has 0 aliphatic carbocycles. The van der Waals surface area contributed by atoms with Gasteiger partial charge in [-0.2, -0.15) is 0 Å². The van der Waals surface area contributed by atoms with Crippen LogP contribution in [0, 0.1) is 0 Å². The van der Waals surface area contributed by atoms with E-state index in [2.05, 4.69) is 116 Å². The van der Waals surface area contributed by atoms with Crippen LogP contribution in [0.4, 0.5) is 0 Å². The number of aliphatic hydroxyl groups is 8. The lowest BCUT2D eigenvalue weighted by molar-refractivity contribution is -0.359. The molecule has 14 heteroatoms. The zero-order chi connectivity index (χ0) is 65.9. The summed E-state index contributed by atoms with van der Waals surface area (Å²) in [5.41, 5.74) is 0. The van der Waals surface area contributed by atoms with Crippen molar-refractivity contribution in [1.29, 1.82) is 0 Å². The van der Waals surface area contributed by atoms with Crippen LogP contribution in [0.2, 0.25) is 0 Å². The molecule has 0 radical (unpaired) electrons. The maximum absolute atomic E-state index is 13.3. The summed E-state index contributed by atoms with van der Waals surface area (Å²) < 4.78 is 22.8. The summed E-state index contributed by atoms with van der Waals surface area (Å²) in [7, 11) is 0. The number of carbonyl (C=O) groups excluding carboxylic acids is 1. The second-order valence-corrected chi connectivity index (χ2v) is 25.3.